The molecule has 0 spiro atoms. The second kappa shape index (κ2) is 6.51. The molecular formula is C17H25N3. The predicted octanol–water partition coefficient (Wildman–Crippen LogP) is 4.99. The lowest BCUT2D eigenvalue weighted by molar-refractivity contribution is 0.993. The standard InChI is InChI=1S/C15H17N3.C2H6.H2/c1-10-7-11(2)9-13(8-10)17-15-16-6-5-14(18-15)12-3-4-12;1-2;/h5-9,12H,3-4H2,1-2H3,(H,16,17,18);1-2H3;1H. The van der Waals surface area contributed by atoms with Gasteiger partial charge in [-0.05, 0) is 56.0 Å². The first kappa shape index (κ1) is 14.5. The fourth-order valence-electron chi connectivity index (χ4n) is 2.22. The Morgan fingerprint density at radius 1 is 1.10 bits per heavy atom. The lowest BCUT2D eigenvalue weighted by Crippen LogP contribution is -1.99. The molecule has 1 saturated carbocycles. The maximum atomic E-state index is 4.57. The van der Waals surface area contributed by atoms with Crippen LogP contribution in [0.5, 0.6) is 0 Å². The molecule has 0 radical (unpaired) electrons. The molecule has 0 amide bonds. The highest BCUT2D eigenvalue weighted by Gasteiger charge is 2.25. The first-order chi connectivity index (χ1) is 9.70. The van der Waals surface area contributed by atoms with Gasteiger partial charge in [-0.15, -0.1) is 0 Å². The molecule has 3 nitrogen and oxygen atoms in total. The van der Waals surface area contributed by atoms with Crippen LogP contribution in [0.4, 0.5) is 11.6 Å². The third-order valence-electron chi connectivity index (χ3n) is 3.15. The molecule has 1 aliphatic carbocycles. The van der Waals surface area contributed by atoms with E-state index in [0.717, 1.165) is 11.4 Å². The molecule has 0 saturated heterocycles. The highest BCUT2D eigenvalue weighted by molar-refractivity contribution is 5.56. The Bertz CT molecular complexity index is 560. The summed E-state index contributed by atoms with van der Waals surface area (Å²) in [5.74, 6) is 1.36. The van der Waals surface area contributed by atoms with E-state index in [4.69, 9.17) is 0 Å². The van der Waals surface area contributed by atoms with Gasteiger partial charge in [-0.2, -0.15) is 0 Å². The van der Waals surface area contributed by atoms with E-state index in [1.807, 2.05) is 26.1 Å². The summed E-state index contributed by atoms with van der Waals surface area (Å²) in [6, 6.07) is 8.40. The zero-order valence-electron chi connectivity index (χ0n) is 12.8. The van der Waals surface area contributed by atoms with Crippen LogP contribution in [0.15, 0.2) is 30.5 Å². The second-order valence-electron chi connectivity index (χ2n) is 5.08. The van der Waals surface area contributed by atoms with Crippen LogP contribution in [0.1, 0.15) is 50.9 Å². The average molecular weight is 271 g/mol. The monoisotopic (exact) mass is 271 g/mol. The molecule has 1 heterocycles. The van der Waals surface area contributed by atoms with Crippen LogP contribution in [0.25, 0.3) is 0 Å². The largest absolute Gasteiger partial charge is 0.324 e. The molecule has 1 aromatic heterocycles. The summed E-state index contributed by atoms with van der Waals surface area (Å²) in [6.07, 6.45) is 4.37. The number of nitrogens with one attached hydrogen (secondary N) is 1. The highest BCUT2D eigenvalue weighted by Crippen LogP contribution is 2.39. The maximum absolute atomic E-state index is 4.57. The summed E-state index contributed by atoms with van der Waals surface area (Å²) in [7, 11) is 0. The fourth-order valence-corrected chi connectivity index (χ4v) is 2.22. The Hall–Kier alpha value is -1.90. The van der Waals surface area contributed by atoms with Crippen molar-refractivity contribution in [3.05, 3.63) is 47.3 Å². The zero-order valence-corrected chi connectivity index (χ0v) is 12.8. The van der Waals surface area contributed by atoms with Crippen molar-refractivity contribution in [3.8, 4) is 0 Å². The minimum atomic E-state index is 0. The molecular weight excluding hydrogens is 246 g/mol. The second-order valence-corrected chi connectivity index (χ2v) is 5.08. The smallest absolute Gasteiger partial charge is 0.227 e. The molecule has 1 aromatic carbocycles. The minimum absolute atomic E-state index is 0. The van der Waals surface area contributed by atoms with Crippen LogP contribution in [0, 0.1) is 13.8 Å². The lowest BCUT2D eigenvalue weighted by atomic mass is 10.1. The van der Waals surface area contributed by atoms with Gasteiger partial charge < -0.3 is 5.32 Å². The Labute approximate surface area is 123 Å². The van der Waals surface area contributed by atoms with E-state index in [2.05, 4.69) is 47.3 Å². The van der Waals surface area contributed by atoms with Gasteiger partial charge in [0, 0.05) is 24.9 Å². The van der Waals surface area contributed by atoms with E-state index in [-0.39, 0.29) is 1.43 Å². The molecule has 1 aliphatic rings. The summed E-state index contributed by atoms with van der Waals surface area (Å²) in [5.41, 5.74) is 4.71. The maximum Gasteiger partial charge on any atom is 0.227 e. The van der Waals surface area contributed by atoms with Gasteiger partial charge in [0.05, 0.1) is 0 Å². The first-order valence-corrected chi connectivity index (χ1v) is 7.39. The van der Waals surface area contributed by atoms with Crippen molar-refractivity contribution >= 4 is 11.6 Å². The van der Waals surface area contributed by atoms with Crippen molar-refractivity contribution in [2.75, 3.05) is 5.32 Å². The number of rotatable bonds is 3. The van der Waals surface area contributed by atoms with E-state index in [9.17, 15) is 0 Å². The lowest BCUT2D eigenvalue weighted by Gasteiger charge is -2.08. The Morgan fingerprint density at radius 2 is 1.75 bits per heavy atom. The van der Waals surface area contributed by atoms with Crippen molar-refractivity contribution in [3.63, 3.8) is 0 Å². The molecule has 3 heteroatoms. The van der Waals surface area contributed by atoms with E-state index >= 15 is 0 Å². The molecule has 20 heavy (non-hydrogen) atoms. The van der Waals surface area contributed by atoms with Gasteiger partial charge in [-0.25, -0.2) is 9.97 Å². The van der Waals surface area contributed by atoms with Crippen LogP contribution >= 0.6 is 0 Å². The van der Waals surface area contributed by atoms with Gasteiger partial charge >= 0.3 is 0 Å². The van der Waals surface area contributed by atoms with Gasteiger partial charge in [0.25, 0.3) is 0 Å². The third kappa shape index (κ3) is 3.80. The van der Waals surface area contributed by atoms with Crippen LogP contribution in [0.3, 0.4) is 0 Å². The summed E-state index contributed by atoms with van der Waals surface area (Å²) >= 11 is 0. The Morgan fingerprint density at radius 3 is 2.35 bits per heavy atom. The van der Waals surface area contributed by atoms with E-state index in [1.54, 1.807) is 0 Å². The van der Waals surface area contributed by atoms with Crippen LogP contribution in [-0.4, -0.2) is 9.97 Å². The van der Waals surface area contributed by atoms with Crippen LogP contribution in [-0.2, 0) is 0 Å². The molecule has 3 rings (SSSR count). The molecule has 2 aromatic rings. The summed E-state index contributed by atoms with van der Waals surface area (Å²) in [4.78, 5) is 8.85. The van der Waals surface area contributed by atoms with Crippen molar-refractivity contribution in [2.24, 2.45) is 0 Å². The first-order valence-electron chi connectivity index (χ1n) is 7.39. The molecule has 0 bridgehead atoms. The zero-order chi connectivity index (χ0) is 14.5. The quantitative estimate of drug-likeness (QED) is 0.855. The van der Waals surface area contributed by atoms with Crippen LogP contribution in [0.2, 0.25) is 0 Å². The molecule has 1 N–H and O–H groups in total. The number of aryl methyl sites for hydroxylation is 2. The van der Waals surface area contributed by atoms with E-state index in [1.165, 1.54) is 24.0 Å². The number of nitrogens with zero attached hydrogens (tertiary/aromatic N) is 2. The number of anilines is 2. The summed E-state index contributed by atoms with van der Waals surface area (Å²) in [5, 5.41) is 3.29. The highest BCUT2D eigenvalue weighted by atomic mass is 15.1. The van der Waals surface area contributed by atoms with Crippen molar-refractivity contribution in [1.29, 1.82) is 0 Å². The molecule has 108 valence electrons. The van der Waals surface area contributed by atoms with Crippen molar-refractivity contribution < 1.29 is 1.43 Å². The van der Waals surface area contributed by atoms with Gasteiger partial charge in [0.15, 0.2) is 0 Å². The van der Waals surface area contributed by atoms with Gasteiger partial charge in [-0.1, -0.05) is 19.9 Å². The summed E-state index contributed by atoms with van der Waals surface area (Å²) < 4.78 is 0. The number of aromatic nitrogens is 2. The third-order valence-corrected chi connectivity index (χ3v) is 3.15. The Kier molecular flexibility index (Phi) is 4.72. The number of benzene rings is 1. The van der Waals surface area contributed by atoms with Crippen LogP contribution < -0.4 is 5.32 Å². The fraction of sp³-hybridized carbons (Fsp3) is 0.412. The van der Waals surface area contributed by atoms with Crippen molar-refractivity contribution in [2.45, 2.75) is 46.5 Å². The van der Waals surface area contributed by atoms with E-state index in [0.29, 0.717) is 11.9 Å². The molecule has 0 atom stereocenters. The summed E-state index contributed by atoms with van der Waals surface area (Å²) in [6.45, 7) is 8.19. The van der Waals surface area contributed by atoms with Gasteiger partial charge in [-0.3, -0.25) is 0 Å². The minimum Gasteiger partial charge on any atom is -0.324 e. The SMILES string of the molecule is CC.Cc1cc(C)cc(Nc2nccc(C3CC3)n2)c1.[HH]. The Balaban J connectivity index is 0.000000706. The van der Waals surface area contributed by atoms with E-state index < -0.39 is 0 Å². The molecule has 1 fully saturated rings. The molecule has 0 aliphatic heterocycles. The molecule has 0 unspecified atom stereocenters. The van der Waals surface area contributed by atoms with Crippen molar-refractivity contribution in [1.82, 2.24) is 9.97 Å². The van der Waals surface area contributed by atoms with Gasteiger partial charge in [0.1, 0.15) is 0 Å². The topological polar surface area (TPSA) is 37.8 Å². The average Bonchev–Trinajstić information content (AvgIpc) is 3.24. The number of hydrogen-bond donors (Lipinski definition) is 1. The predicted molar refractivity (Wildman–Crippen MR) is 86.7 cm³/mol. The number of hydrogen-bond acceptors (Lipinski definition) is 3. The normalized spacial score (nSPS) is 13.4. The van der Waals surface area contributed by atoms with Gasteiger partial charge in [0.2, 0.25) is 5.95 Å².